The largest absolute Gasteiger partial charge is 0.462 e. The Morgan fingerprint density at radius 1 is 0.396 bits per heavy atom. The number of carbonyl (C=O) groups is 3. The van der Waals surface area contributed by atoms with Crippen molar-refractivity contribution in [3.8, 4) is 0 Å². The van der Waals surface area contributed by atoms with E-state index in [0.717, 1.165) is 109 Å². The van der Waals surface area contributed by atoms with Gasteiger partial charge in [-0.3, -0.25) is 14.4 Å². The first-order chi connectivity index (χ1) is 26.0. The molecule has 6 nitrogen and oxygen atoms in total. The number of carbonyl (C=O) groups excluding carboxylic acids is 3. The highest BCUT2D eigenvalue weighted by molar-refractivity contribution is 5.71. The molecule has 0 rings (SSSR count). The Labute approximate surface area is 327 Å². The van der Waals surface area contributed by atoms with Crippen LogP contribution in [0.15, 0.2) is 48.6 Å². The summed E-state index contributed by atoms with van der Waals surface area (Å²) < 4.78 is 16.6. The number of unbranched alkanes of at least 4 members (excludes halogenated alkanes) is 20. The van der Waals surface area contributed by atoms with Crippen molar-refractivity contribution < 1.29 is 28.6 Å². The van der Waals surface area contributed by atoms with Crippen molar-refractivity contribution in [1.82, 2.24) is 0 Å². The van der Waals surface area contributed by atoms with Crippen LogP contribution < -0.4 is 0 Å². The number of ether oxygens (including phenoxy) is 3. The molecule has 0 N–H and O–H groups in total. The van der Waals surface area contributed by atoms with Gasteiger partial charge in [0.25, 0.3) is 0 Å². The molecule has 0 saturated heterocycles. The molecule has 0 aliphatic carbocycles. The highest BCUT2D eigenvalue weighted by Gasteiger charge is 2.19. The molecule has 1 atom stereocenters. The maximum absolute atomic E-state index is 12.7. The number of hydrogen-bond donors (Lipinski definition) is 0. The fourth-order valence-electron chi connectivity index (χ4n) is 5.98. The molecule has 0 bridgehead atoms. The summed E-state index contributed by atoms with van der Waals surface area (Å²) in [4.78, 5) is 37.6. The Bertz CT molecular complexity index is 949. The topological polar surface area (TPSA) is 78.9 Å². The molecular formula is C47H82O6. The molecule has 0 aromatic heterocycles. The summed E-state index contributed by atoms with van der Waals surface area (Å²) in [6.07, 6.45) is 48.1. The number of allylic oxidation sites excluding steroid dienone is 8. The van der Waals surface area contributed by atoms with Crippen molar-refractivity contribution in [3.63, 3.8) is 0 Å². The van der Waals surface area contributed by atoms with E-state index in [2.05, 4.69) is 69.4 Å². The summed E-state index contributed by atoms with van der Waals surface area (Å²) in [5.41, 5.74) is 0. The number of esters is 3. The first kappa shape index (κ1) is 50.4. The lowest BCUT2D eigenvalue weighted by atomic mass is 10.1. The van der Waals surface area contributed by atoms with Crippen LogP contribution in [0.1, 0.15) is 213 Å². The molecule has 0 saturated carbocycles. The Balaban J connectivity index is 4.35. The molecule has 306 valence electrons. The van der Waals surface area contributed by atoms with Gasteiger partial charge < -0.3 is 14.2 Å². The predicted octanol–water partition coefficient (Wildman–Crippen LogP) is 14.0. The third-order valence-electron chi connectivity index (χ3n) is 9.32. The molecule has 0 aliphatic heterocycles. The maximum atomic E-state index is 12.7. The van der Waals surface area contributed by atoms with Gasteiger partial charge in [-0.2, -0.15) is 0 Å². The van der Waals surface area contributed by atoms with Gasteiger partial charge in [-0.05, 0) is 77.0 Å². The van der Waals surface area contributed by atoms with Gasteiger partial charge in [0.2, 0.25) is 0 Å². The third kappa shape index (κ3) is 40.4. The van der Waals surface area contributed by atoms with Gasteiger partial charge in [0.1, 0.15) is 13.2 Å². The smallest absolute Gasteiger partial charge is 0.306 e. The van der Waals surface area contributed by atoms with Crippen molar-refractivity contribution in [2.75, 3.05) is 13.2 Å². The molecule has 0 aromatic rings. The molecular weight excluding hydrogens is 661 g/mol. The molecule has 0 aliphatic rings. The van der Waals surface area contributed by atoms with Crippen molar-refractivity contribution >= 4 is 17.9 Å². The maximum Gasteiger partial charge on any atom is 0.306 e. The lowest BCUT2D eigenvalue weighted by Crippen LogP contribution is -2.30. The van der Waals surface area contributed by atoms with E-state index >= 15 is 0 Å². The SMILES string of the molecule is CC/C=C\C/C=C\C/C=C\CCCCCCCC(=O)OCC(COC(=O)CCCCCCCCC)OC(=O)CCCCCCC/C=C\CCCCCC. The predicted molar refractivity (Wildman–Crippen MR) is 224 cm³/mol. The van der Waals surface area contributed by atoms with Crippen LogP contribution in [-0.4, -0.2) is 37.2 Å². The molecule has 53 heavy (non-hydrogen) atoms. The average Bonchev–Trinajstić information content (AvgIpc) is 3.15. The van der Waals surface area contributed by atoms with Gasteiger partial charge in [0.05, 0.1) is 0 Å². The Morgan fingerprint density at radius 3 is 1.19 bits per heavy atom. The summed E-state index contributed by atoms with van der Waals surface area (Å²) in [5.74, 6) is -0.917. The van der Waals surface area contributed by atoms with Gasteiger partial charge in [-0.25, -0.2) is 0 Å². The zero-order valence-corrected chi connectivity index (χ0v) is 34.8. The second kappa shape index (κ2) is 42.1. The van der Waals surface area contributed by atoms with Gasteiger partial charge in [-0.1, -0.05) is 166 Å². The second-order valence-electron chi connectivity index (χ2n) is 14.6. The molecule has 0 radical (unpaired) electrons. The fourth-order valence-corrected chi connectivity index (χ4v) is 5.98. The van der Waals surface area contributed by atoms with Gasteiger partial charge >= 0.3 is 17.9 Å². The summed E-state index contributed by atoms with van der Waals surface area (Å²) in [5, 5.41) is 0. The summed E-state index contributed by atoms with van der Waals surface area (Å²) in [7, 11) is 0. The van der Waals surface area contributed by atoms with Crippen LogP contribution in [0, 0.1) is 0 Å². The second-order valence-corrected chi connectivity index (χ2v) is 14.6. The standard InChI is InChI=1S/C47H82O6/c1-4-7-10-13-16-18-20-22-23-25-26-28-31-34-37-40-46(49)52-43-44(42-51-45(48)39-36-33-30-15-12-9-6-3)53-47(50)41-38-35-32-29-27-24-21-19-17-14-11-8-5-2/h7,10,16,18-19,21-23,44H,4-6,8-9,11-15,17,20,24-43H2,1-3H3/b10-7-,18-16-,21-19-,23-22-. The summed E-state index contributed by atoms with van der Waals surface area (Å²) >= 11 is 0. The van der Waals surface area contributed by atoms with Crippen LogP contribution in [0.2, 0.25) is 0 Å². The Morgan fingerprint density at radius 2 is 0.736 bits per heavy atom. The van der Waals surface area contributed by atoms with Gasteiger partial charge in [0.15, 0.2) is 6.10 Å². The summed E-state index contributed by atoms with van der Waals surface area (Å²) in [6.45, 7) is 6.43. The lowest BCUT2D eigenvalue weighted by Gasteiger charge is -2.18. The van der Waals surface area contributed by atoms with Crippen LogP contribution in [0.5, 0.6) is 0 Å². The van der Waals surface area contributed by atoms with Crippen LogP contribution in [0.25, 0.3) is 0 Å². The number of rotatable bonds is 39. The van der Waals surface area contributed by atoms with Crippen molar-refractivity contribution in [2.45, 2.75) is 219 Å². The van der Waals surface area contributed by atoms with Crippen LogP contribution in [0.3, 0.4) is 0 Å². The molecule has 0 heterocycles. The molecule has 1 unspecified atom stereocenters. The van der Waals surface area contributed by atoms with E-state index < -0.39 is 6.10 Å². The highest BCUT2D eigenvalue weighted by Crippen LogP contribution is 2.13. The van der Waals surface area contributed by atoms with E-state index in [1.807, 2.05) is 0 Å². The quantitative estimate of drug-likeness (QED) is 0.0270. The van der Waals surface area contributed by atoms with E-state index in [9.17, 15) is 14.4 Å². The lowest BCUT2D eigenvalue weighted by molar-refractivity contribution is -0.167. The molecule has 0 amide bonds. The average molecular weight is 743 g/mol. The zero-order valence-electron chi connectivity index (χ0n) is 34.8. The van der Waals surface area contributed by atoms with Crippen LogP contribution in [-0.2, 0) is 28.6 Å². The fraction of sp³-hybridized carbons (Fsp3) is 0.766. The third-order valence-corrected chi connectivity index (χ3v) is 9.32. The molecule has 0 fully saturated rings. The van der Waals surface area contributed by atoms with E-state index in [-0.39, 0.29) is 31.1 Å². The molecule has 6 heteroatoms. The minimum atomic E-state index is -0.778. The Kier molecular flexibility index (Phi) is 40.0. The van der Waals surface area contributed by atoms with Crippen LogP contribution in [0.4, 0.5) is 0 Å². The number of hydrogen-bond acceptors (Lipinski definition) is 6. The minimum absolute atomic E-state index is 0.0818. The first-order valence-electron chi connectivity index (χ1n) is 22.1. The van der Waals surface area contributed by atoms with E-state index in [0.29, 0.717) is 19.3 Å². The minimum Gasteiger partial charge on any atom is -0.462 e. The van der Waals surface area contributed by atoms with E-state index in [4.69, 9.17) is 14.2 Å². The van der Waals surface area contributed by atoms with Crippen LogP contribution >= 0.6 is 0 Å². The zero-order chi connectivity index (χ0) is 38.7. The van der Waals surface area contributed by atoms with Crippen molar-refractivity contribution in [3.05, 3.63) is 48.6 Å². The molecule has 0 spiro atoms. The summed E-state index contributed by atoms with van der Waals surface area (Å²) in [6, 6.07) is 0. The van der Waals surface area contributed by atoms with Gasteiger partial charge in [0, 0.05) is 19.3 Å². The monoisotopic (exact) mass is 743 g/mol. The highest BCUT2D eigenvalue weighted by atomic mass is 16.6. The van der Waals surface area contributed by atoms with E-state index in [1.54, 1.807) is 0 Å². The van der Waals surface area contributed by atoms with E-state index in [1.165, 1.54) is 64.2 Å². The van der Waals surface area contributed by atoms with Crippen molar-refractivity contribution in [1.29, 1.82) is 0 Å². The van der Waals surface area contributed by atoms with Crippen molar-refractivity contribution in [2.24, 2.45) is 0 Å². The van der Waals surface area contributed by atoms with Gasteiger partial charge in [-0.15, -0.1) is 0 Å². The normalized spacial score (nSPS) is 12.4. The molecule has 0 aromatic carbocycles. The Hall–Kier alpha value is -2.63. The first-order valence-corrected chi connectivity index (χ1v) is 22.1.